The Hall–Kier alpha value is -0.450. The molecule has 13 heavy (non-hydrogen) atoms. The van der Waals surface area contributed by atoms with Gasteiger partial charge < -0.3 is 4.74 Å². The van der Waals surface area contributed by atoms with Gasteiger partial charge in [-0.3, -0.25) is 0 Å². The van der Waals surface area contributed by atoms with Crippen molar-refractivity contribution in [3.63, 3.8) is 0 Å². The normalized spacial score (nSPS) is 10.4. The number of hydrogen-bond acceptors (Lipinski definition) is 4. The summed E-state index contributed by atoms with van der Waals surface area (Å²) in [6.07, 6.45) is 2.53. The summed E-state index contributed by atoms with van der Waals surface area (Å²) >= 11 is 6.32. The zero-order chi connectivity index (χ0) is 10.3. The Morgan fingerprint density at radius 2 is 2.31 bits per heavy atom. The van der Waals surface area contributed by atoms with Crippen LogP contribution in [0.5, 0.6) is 0 Å². The highest BCUT2D eigenvalue weighted by molar-refractivity contribution is 8.22. The highest BCUT2D eigenvalue weighted by Crippen LogP contribution is 2.18. The number of thioether (sulfide) groups is 1. The molecule has 0 N–H and O–H groups in total. The molecule has 0 atom stereocenters. The Labute approximate surface area is 87.7 Å². The molecule has 0 bridgehead atoms. The molecule has 0 aliphatic heterocycles. The second-order valence-corrected chi connectivity index (χ2v) is 4.43. The maximum absolute atomic E-state index is 8.08. The van der Waals surface area contributed by atoms with Crippen molar-refractivity contribution in [2.45, 2.75) is 25.9 Å². The molecule has 0 aliphatic carbocycles. The number of ether oxygens (including phenoxy) is 1. The third kappa shape index (κ3) is 6.69. The number of azide groups is 1. The molecule has 0 aromatic rings. The minimum atomic E-state index is -0.353. The van der Waals surface area contributed by atoms with E-state index < -0.39 is 0 Å². The van der Waals surface area contributed by atoms with E-state index in [9.17, 15) is 0 Å². The van der Waals surface area contributed by atoms with Gasteiger partial charge in [0.2, 0.25) is 4.38 Å². The zero-order valence-corrected chi connectivity index (χ0v) is 9.61. The highest BCUT2D eigenvalue weighted by Gasteiger charge is 2.19. The highest BCUT2D eigenvalue weighted by atomic mass is 32.2. The van der Waals surface area contributed by atoms with Crippen LogP contribution >= 0.6 is 24.0 Å². The average Bonchev–Trinajstić information content (AvgIpc) is 2.03. The molecule has 0 spiro atoms. The van der Waals surface area contributed by atoms with Crippen LogP contribution in [0.4, 0.5) is 0 Å². The van der Waals surface area contributed by atoms with Crippen LogP contribution in [0.15, 0.2) is 5.11 Å². The smallest absolute Gasteiger partial charge is 0.220 e. The van der Waals surface area contributed by atoms with Crippen molar-refractivity contribution < 1.29 is 4.74 Å². The summed E-state index contributed by atoms with van der Waals surface area (Å²) in [4.78, 5) is 2.67. The lowest BCUT2D eigenvalue weighted by Gasteiger charge is -2.25. The fourth-order valence-corrected chi connectivity index (χ4v) is 1.22. The van der Waals surface area contributed by atoms with Crippen LogP contribution in [0.1, 0.15) is 20.3 Å². The molecule has 0 fully saturated rings. The predicted molar refractivity (Wildman–Crippen MR) is 59.9 cm³/mol. The standard InChI is InChI=1S/C7H13N3OS2/c1-7(2,4-5-9-10-8)11-6(12)13-3/h4-5H2,1-3H3. The van der Waals surface area contributed by atoms with Gasteiger partial charge in [-0.15, -0.1) is 0 Å². The first-order chi connectivity index (χ1) is 6.02. The van der Waals surface area contributed by atoms with Gasteiger partial charge in [-0.2, -0.15) is 0 Å². The van der Waals surface area contributed by atoms with E-state index in [1.54, 1.807) is 0 Å². The SMILES string of the molecule is CSC(=S)OC(C)(C)CCN=[N+]=[N-]. The van der Waals surface area contributed by atoms with Crippen molar-refractivity contribution in [1.29, 1.82) is 0 Å². The van der Waals surface area contributed by atoms with Crippen LogP contribution in [0, 0.1) is 0 Å². The molecule has 4 nitrogen and oxygen atoms in total. The molecule has 0 amide bonds. The van der Waals surface area contributed by atoms with Crippen LogP contribution in [0.3, 0.4) is 0 Å². The van der Waals surface area contributed by atoms with E-state index >= 15 is 0 Å². The van der Waals surface area contributed by atoms with E-state index in [0.717, 1.165) is 0 Å². The molecule has 0 radical (unpaired) electrons. The van der Waals surface area contributed by atoms with Gasteiger partial charge >= 0.3 is 0 Å². The first-order valence-electron chi connectivity index (χ1n) is 3.79. The Bertz CT molecular complexity index is 224. The number of rotatable bonds is 4. The van der Waals surface area contributed by atoms with E-state index in [4.69, 9.17) is 22.5 Å². The molecule has 0 aromatic carbocycles. The van der Waals surface area contributed by atoms with Crippen molar-refractivity contribution in [3.8, 4) is 0 Å². The first kappa shape index (κ1) is 12.6. The minimum absolute atomic E-state index is 0.353. The van der Waals surface area contributed by atoms with Gasteiger partial charge in [0.15, 0.2) is 0 Å². The summed E-state index contributed by atoms with van der Waals surface area (Å²) in [6.45, 7) is 4.27. The molecular weight excluding hydrogens is 206 g/mol. The largest absolute Gasteiger partial charge is 0.473 e. The third-order valence-electron chi connectivity index (χ3n) is 1.40. The van der Waals surface area contributed by atoms with Gasteiger partial charge in [0.05, 0.1) is 0 Å². The maximum atomic E-state index is 8.08. The van der Waals surface area contributed by atoms with Gasteiger partial charge in [-0.25, -0.2) is 0 Å². The van der Waals surface area contributed by atoms with Crippen molar-refractivity contribution in [1.82, 2.24) is 0 Å². The molecule has 0 heterocycles. The predicted octanol–water partition coefficient (Wildman–Crippen LogP) is 3.13. The van der Waals surface area contributed by atoms with Crippen LogP contribution in [0.25, 0.3) is 10.4 Å². The fraction of sp³-hybridized carbons (Fsp3) is 0.857. The third-order valence-corrected chi connectivity index (χ3v) is 2.40. The fourth-order valence-electron chi connectivity index (χ4n) is 0.682. The van der Waals surface area contributed by atoms with Gasteiger partial charge in [-0.05, 0) is 44.3 Å². The van der Waals surface area contributed by atoms with Gasteiger partial charge in [0, 0.05) is 11.5 Å². The molecule has 0 saturated carbocycles. The summed E-state index contributed by atoms with van der Waals surface area (Å²) in [5.41, 5.74) is 7.73. The lowest BCUT2D eigenvalue weighted by Crippen LogP contribution is -2.26. The Morgan fingerprint density at radius 1 is 1.69 bits per heavy atom. The molecule has 0 saturated heterocycles. The molecule has 74 valence electrons. The van der Waals surface area contributed by atoms with Crippen molar-refractivity contribution >= 4 is 28.4 Å². The second kappa shape index (κ2) is 6.07. The topological polar surface area (TPSA) is 58.0 Å². The molecule has 0 rings (SSSR count). The van der Waals surface area contributed by atoms with Crippen LogP contribution in [-0.4, -0.2) is 22.8 Å². The van der Waals surface area contributed by atoms with Crippen LogP contribution < -0.4 is 0 Å². The molecule has 0 unspecified atom stereocenters. The molecule has 6 heteroatoms. The minimum Gasteiger partial charge on any atom is -0.473 e. The van der Waals surface area contributed by atoms with E-state index in [2.05, 4.69) is 10.0 Å². The lowest BCUT2D eigenvalue weighted by molar-refractivity contribution is 0.0984. The van der Waals surface area contributed by atoms with Crippen LogP contribution in [0.2, 0.25) is 0 Å². The van der Waals surface area contributed by atoms with E-state index in [1.807, 2.05) is 20.1 Å². The lowest BCUT2D eigenvalue weighted by atomic mass is 10.1. The average molecular weight is 219 g/mol. The van der Waals surface area contributed by atoms with Gasteiger partial charge in [0.1, 0.15) is 5.60 Å². The van der Waals surface area contributed by atoms with Crippen molar-refractivity contribution in [2.24, 2.45) is 5.11 Å². The molecule has 0 aliphatic rings. The van der Waals surface area contributed by atoms with Gasteiger partial charge in [0.25, 0.3) is 0 Å². The summed E-state index contributed by atoms with van der Waals surface area (Å²) in [6, 6.07) is 0. The molecule has 0 aromatic heterocycles. The monoisotopic (exact) mass is 219 g/mol. The van der Waals surface area contributed by atoms with Crippen molar-refractivity contribution in [3.05, 3.63) is 10.4 Å². The zero-order valence-electron chi connectivity index (χ0n) is 7.98. The van der Waals surface area contributed by atoms with Crippen molar-refractivity contribution in [2.75, 3.05) is 12.8 Å². The quantitative estimate of drug-likeness (QED) is 0.316. The van der Waals surface area contributed by atoms with E-state index in [0.29, 0.717) is 17.3 Å². The maximum Gasteiger partial charge on any atom is 0.220 e. The summed E-state index contributed by atoms with van der Waals surface area (Å²) in [7, 11) is 0. The summed E-state index contributed by atoms with van der Waals surface area (Å²) in [5.74, 6) is 0. The van der Waals surface area contributed by atoms with E-state index in [1.165, 1.54) is 11.8 Å². The Kier molecular flexibility index (Phi) is 5.86. The Morgan fingerprint density at radius 3 is 2.77 bits per heavy atom. The number of hydrogen-bond donors (Lipinski definition) is 0. The number of thiocarbonyl (C=S) groups is 1. The van der Waals surface area contributed by atoms with E-state index in [-0.39, 0.29) is 5.60 Å². The first-order valence-corrected chi connectivity index (χ1v) is 5.43. The Balaban J connectivity index is 3.92. The summed E-state index contributed by atoms with van der Waals surface area (Å²) < 4.78 is 5.96. The second-order valence-electron chi connectivity index (χ2n) is 3.02. The number of nitrogens with zero attached hydrogens (tertiary/aromatic N) is 3. The molecular formula is C7H13N3OS2. The van der Waals surface area contributed by atoms with Gasteiger partial charge in [-0.1, -0.05) is 16.9 Å². The van der Waals surface area contributed by atoms with Crippen LogP contribution in [-0.2, 0) is 4.74 Å². The summed E-state index contributed by atoms with van der Waals surface area (Å²) in [5, 5.41) is 3.44.